The lowest BCUT2D eigenvalue weighted by Gasteiger charge is -2.10. The predicted molar refractivity (Wildman–Crippen MR) is 40.1 cm³/mol. The molecule has 12 heavy (non-hydrogen) atoms. The van der Waals surface area contributed by atoms with Gasteiger partial charge in [-0.1, -0.05) is 0 Å². The number of alkyl halides is 3. The van der Waals surface area contributed by atoms with Crippen LogP contribution in [-0.2, 0) is 13.1 Å². The number of halogens is 4. The van der Waals surface area contributed by atoms with Crippen LogP contribution >= 0.6 is 30.2 Å². The molecule has 0 saturated carbocycles. The summed E-state index contributed by atoms with van der Waals surface area (Å²) in [6.45, 7) is -5.76. The normalized spacial score (nSPS) is 17.4. The van der Waals surface area contributed by atoms with Crippen molar-refractivity contribution in [3.8, 4) is 0 Å². The SMILES string of the molecule is CSOP(=O)(Cl)OCC(F)(F)F. The van der Waals surface area contributed by atoms with E-state index in [1.165, 1.54) is 6.26 Å². The highest BCUT2D eigenvalue weighted by Gasteiger charge is 2.33. The van der Waals surface area contributed by atoms with Crippen molar-refractivity contribution >= 4 is 30.2 Å². The summed E-state index contributed by atoms with van der Waals surface area (Å²) in [6.07, 6.45) is -3.21. The summed E-state index contributed by atoms with van der Waals surface area (Å²) < 4.78 is 53.0. The summed E-state index contributed by atoms with van der Waals surface area (Å²) in [5, 5.41) is 0. The van der Waals surface area contributed by atoms with Crippen LogP contribution in [0.4, 0.5) is 13.2 Å². The van der Waals surface area contributed by atoms with Gasteiger partial charge in [0.2, 0.25) is 0 Å². The van der Waals surface area contributed by atoms with Gasteiger partial charge in [-0.3, -0.25) is 4.52 Å². The minimum Gasteiger partial charge on any atom is -0.287 e. The highest BCUT2D eigenvalue weighted by molar-refractivity contribution is 8.01. The first-order valence-electron chi connectivity index (χ1n) is 2.50. The Balaban J connectivity index is 3.84. The van der Waals surface area contributed by atoms with E-state index in [1.54, 1.807) is 0 Å². The Labute approximate surface area is 76.1 Å². The van der Waals surface area contributed by atoms with E-state index >= 15 is 0 Å². The molecule has 0 fully saturated rings. The van der Waals surface area contributed by atoms with Gasteiger partial charge in [0.1, 0.15) is 0 Å². The first-order chi connectivity index (χ1) is 5.27. The molecule has 0 amide bonds. The topological polar surface area (TPSA) is 35.5 Å². The van der Waals surface area contributed by atoms with E-state index in [9.17, 15) is 17.7 Å². The quantitative estimate of drug-likeness (QED) is 0.562. The fraction of sp³-hybridized carbons (Fsp3) is 1.00. The first kappa shape index (κ1) is 12.6. The lowest BCUT2D eigenvalue weighted by molar-refractivity contribution is -0.153. The van der Waals surface area contributed by atoms with E-state index in [1.807, 2.05) is 0 Å². The van der Waals surface area contributed by atoms with Crippen molar-refractivity contribution in [2.45, 2.75) is 6.18 Å². The average molecular weight is 245 g/mol. The third-order valence-electron chi connectivity index (χ3n) is 0.546. The van der Waals surface area contributed by atoms with E-state index in [0.29, 0.717) is 12.0 Å². The van der Waals surface area contributed by atoms with Crippen LogP contribution in [0, 0.1) is 0 Å². The maximum absolute atomic E-state index is 11.5. The Hall–Kier alpha value is 0.580. The van der Waals surface area contributed by atoms with Gasteiger partial charge in [-0.15, -0.1) is 0 Å². The fourth-order valence-electron chi connectivity index (χ4n) is 0.261. The highest BCUT2D eigenvalue weighted by Crippen LogP contribution is 2.56. The van der Waals surface area contributed by atoms with Gasteiger partial charge in [-0.2, -0.15) is 13.2 Å². The van der Waals surface area contributed by atoms with Crippen molar-refractivity contribution in [2.75, 3.05) is 12.9 Å². The minimum atomic E-state index is -4.56. The van der Waals surface area contributed by atoms with Gasteiger partial charge in [0, 0.05) is 17.5 Å². The summed E-state index contributed by atoms with van der Waals surface area (Å²) in [6, 6.07) is 0. The summed E-state index contributed by atoms with van der Waals surface area (Å²) >= 11 is 5.50. The van der Waals surface area contributed by atoms with E-state index in [4.69, 9.17) is 11.2 Å². The zero-order valence-corrected chi connectivity index (χ0v) is 8.27. The van der Waals surface area contributed by atoms with E-state index in [2.05, 4.69) is 8.49 Å². The maximum atomic E-state index is 11.5. The van der Waals surface area contributed by atoms with Crippen molar-refractivity contribution in [3.05, 3.63) is 0 Å². The molecule has 0 rings (SSSR count). The zero-order chi connectivity index (χ0) is 9.83. The van der Waals surface area contributed by atoms with Gasteiger partial charge in [-0.25, -0.2) is 8.54 Å². The number of hydrogen-bond donors (Lipinski definition) is 0. The van der Waals surface area contributed by atoms with Crippen LogP contribution in [0.2, 0.25) is 0 Å². The van der Waals surface area contributed by atoms with Gasteiger partial charge in [0.05, 0.1) is 0 Å². The summed E-state index contributed by atoms with van der Waals surface area (Å²) in [7, 11) is 0. The molecule has 9 heteroatoms. The molecule has 0 spiro atoms. The molecule has 0 aromatic heterocycles. The van der Waals surface area contributed by atoms with Crippen molar-refractivity contribution < 1.29 is 26.2 Å². The standard InChI is InChI=1S/C3H5ClF3O3PS/c1-12-10-11(4,8)9-2-3(5,6)7/h2H2,1H3. The van der Waals surface area contributed by atoms with Crippen LogP contribution in [0.1, 0.15) is 0 Å². The molecule has 0 aliphatic carbocycles. The molecule has 0 N–H and O–H groups in total. The zero-order valence-electron chi connectivity index (χ0n) is 5.80. The van der Waals surface area contributed by atoms with Crippen molar-refractivity contribution in [2.24, 2.45) is 0 Å². The Morgan fingerprint density at radius 2 is 2.08 bits per heavy atom. The molecule has 0 bridgehead atoms. The van der Waals surface area contributed by atoms with Gasteiger partial charge < -0.3 is 0 Å². The van der Waals surface area contributed by atoms with E-state index < -0.39 is 19.7 Å². The van der Waals surface area contributed by atoms with Gasteiger partial charge >= 0.3 is 13.1 Å². The fourth-order valence-corrected chi connectivity index (χ4v) is 2.10. The van der Waals surface area contributed by atoms with Gasteiger partial charge in [0.15, 0.2) is 6.61 Å². The lowest BCUT2D eigenvalue weighted by Crippen LogP contribution is -2.15. The largest absolute Gasteiger partial charge is 0.435 e. The Morgan fingerprint density at radius 3 is 2.42 bits per heavy atom. The van der Waals surface area contributed by atoms with Gasteiger partial charge in [0.25, 0.3) is 0 Å². The molecule has 1 atom stereocenters. The monoisotopic (exact) mass is 244 g/mol. The number of rotatable bonds is 4. The summed E-state index contributed by atoms with van der Waals surface area (Å²) in [5.41, 5.74) is 0. The Bertz CT molecular complexity index is 186. The van der Waals surface area contributed by atoms with Crippen LogP contribution in [0.5, 0.6) is 0 Å². The second-order valence-electron chi connectivity index (χ2n) is 1.56. The highest BCUT2D eigenvalue weighted by atomic mass is 35.7. The number of hydrogen-bond acceptors (Lipinski definition) is 4. The van der Waals surface area contributed by atoms with Gasteiger partial charge in [-0.05, 0) is 12.0 Å². The molecule has 0 aromatic rings. The third kappa shape index (κ3) is 7.24. The van der Waals surface area contributed by atoms with Crippen molar-refractivity contribution in [3.63, 3.8) is 0 Å². The summed E-state index contributed by atoms with van der Waals surface area (Å²) in [5.74, 6) is 0. The van der Waals surface area contributed by atoms with Crippen LogP contribution in [0.3, 0.4) is 0 Å². The molecule has 0 aromatic carbocycles. The van der Waals surface area contributed by atoms with Crippen molar-refractivity contribution in [1.82, 2.24) is 0 Å². The van der Waals surface area contributed by atoms with Crippen LogP contribution in [-0.4, -0.2) is 19.0 Å². The van der Waals surface area contributed by atoms with Crippen molar-refractivity contribution in [1.29, 1.82) is 0 Å². The maximum Gasteiger partial charge on any atom is 0.435 e. The minimum absolute atomic E-state index is 0.572. The second-order valence-corrected chi connectivity index (χ2v) is 4.85. The third-order valence-corrected chi connectivity index (χ3v) is 3.09. The van der Waals surface area contributed by atoms with Crippen LogP contribution < -0.4 is 0 Å². The molecule has 0 radical (unpaired) electrons. The van der Waals surface area contributed by atoms with Crippen LogP contribution in [0.15, 0.2) is 0 Å². The summed E-state index contributed by atoms with van der Waals surface area (Å²) in [4.78, 5) is 0. The Morgan fingerprint density at radius 1 is 1.58 bits per heavy atom. The second kappa shape index (κ2) is 4.72. The molecular formula is C3H5ClF3O3PS. The van der Waals surface area contributed by atoms with Crippen LogP contribution in [0.25, 0.3) is 0 Å². The molecule has 0 heterocycles. The predicted octanol–water partition coefficient (Wildman–Crippen LogP) is 3.21. The lowest BCUT2D eigenvalue weighted by atomic mass is 10.7. The smallest absolute Gasteiger partial charge is 0.287 e. The molecule has 0 aliphatic heterocycles. The van der Waals surface area contributed by atoms with E-state index in [-0.39, 0.29) is 0 Å². The molecule has 3 nitrogen and oxygen atoms in total. The molecule has 74 valence electrons. The molecule has 0 saturated heterocycles. The van der Waals surface area contributed by atoms with E-state index in [0.717, 1.165) is 0 Å². The molecule has 1 unspecified atom stereocenters. The molecular weight excluding hydrogens is 240 g/mol. The average Bonchev–Trinajstić information content (AvgIpc) is 1.83. The first-order valence-corrected chi connectivity index (χ1v) is 6.10. The Kier molecular flexibility index (Phi) is 4.94. The molecule has 0 aliphatic rings.